The molecule has 0 aliphatic heterocycles. The molecule has 0 radical (unpaired) electrons. The standard InChI is InChI=1S/2C24H52N.Mo.4O/c2*1-5-9-13-17-21-25(22-18-14-10-6-2,23-19-15-11-7-3)24-20-16-12-8-4;;;;;/h2*5-24H2,1-4H3;;;;;/q2*+1;;;;2*-1. The molecule has 0 heterocycles. The monoisotopic (exact) mass is 871 g/mol. The average Bonchev–Trinajstić information content (AvgIpc) is 3.15. The van der Waals surface area contributed by atoms with Crippen LogP contribution in [-0.4, -0.2) is 61.3 Å². The van der Waals surface area contributed by atoms with Gasteiger partial charge in [-0.15, -0.1) is 0 Å². The van der Waals surface area contributed by atoms with Gasteiger partial charge in [0.15, 0.2) is 0 Å². The fourth-order valence-electron chi connectivity index (χ4n) is 8.33. The van der Waals surface area contributed by atoms with E-state index in [4.69, 9.17) is 14.3 Å². The Morgan fingerprint density at radius 3 is 0.455 bits per heavy atom. The molecule has 0 aromatic carbocycles. The molecule has 55 heavy (non-hydrogen) atoms. The summed E-state index contributed by atoms with van der Waals surface area (Å²) in [6.45, 7) is 30.4. The van der Waals surface area contributed by atoms with Crippen LogP contribution in [0.25, 0.3) is 0 Å². The topological polar surface area (TPSA) is 80.3 Å². The molecule has 0 aromatic heterocycles. The van der Waals surface area contributed by atoms with Crippen molar-refractivity contribution in [3.8, 4) is 0 Å². The van der Waals surface area contributed by atoms with Gasteiger partial charge in [0.25, 0.3) is 0 Å². The van der Waals surface area contributed by atoms with Crippen molar-refractivity contribution in [1.82, 2.24) is 0 Å². The van der Waals surface area contributed by atoms with E-state index in [-0.39, 0.29) is 0 Å². The van der Waals surface area contributed by atoms with Crippen molar-refractivity contribution in [2.24, 2.45) is 0 Å². The molecule has 0 aliphatic carbocycles. The van der Waals surface area contributed by atoms with Crippen molar-refractivity contribution in [3.63, 3.8) is 0 Å². The number of hydrogen-bond donors (Lipinski definition) is 0. The van der Waals surface area contributed by atoms with E-state index in [2.05, 4.69) is 55.4 Å². The van der Waals surface area contributed by atoms with Crippen molar-refractivity contribution >= 4 is 0 Å². The summed E-state index contributed by atoms with van der Waals surface area (Å²) in [6, 6.07) is 0. The van der Waals surface area contributed by atoms with Crippen LogP contribution in [0.1, 0.15) is 261 Å². The van der Waals surface area contributed by atoms with Gasteiger partial charge < -0.3 is 8.97 Å². The maximum absolute atomic E-state index is 8.63. The summed E-state index contributed by atoms with van der Waals surface area (Å²) in [6.07, 6.45) is 45.7. The zero-order valence-corrected chi connectivity index (χ0v) is 41.2. The van der Waals surface area contributed by atoms with Crippen molar-refractivity contribution < 1.29 is 40.0 Å². The SMILES string of the molecule is CCCCCC[N+](CCCCCC)(CCCCCC)CCCCCC.CCCCCC[N+](CCCCCC)(CCCCCC)CCCCCC.[O]=[Mo](=[O])([O-])[O-]. The van der Waals surface area contributed by atoms with Crippen LogP contribution in [-0.2, 0) is 23.5 Å². The predicted molar refractivity (Wildman–Crippen MR) is 234 cm³/mol. The van der Waals surface area contributed by atoms with Gasteiger partial charge in [0.1, 0.15) is 0 Å². The van der Waals surface area contributed by atoms with Gasteiger partial charge in [-0.3, -0.25) is 0 Å². The van der Waals surface area contributed by atoms with Crippen molar-refractivity contribution in [2.75, 3.05) is 52.4 Å². The first kappa shape index (κ1) is 59.4. The third-order valence-corrected chi connectivity index (χ3v) is 11.9. The first-order chi connectivity index (χ1) is 26.5. The summed E-state index contributed by atoms with van der Waals surface area (Å²) >= 11 is -6.02. The summed E-state index contributed by atoms with van der Waals surface area (Å²) in [5.41, 5.74) is 0. The molecule has 7 heteroatoms. The predicted octanol–water partition coefficient (Wildman–Crippen LogP) is 13.6. The van der Waals surface area contributed by atoms with Crippen LogP contribution in [0.4, 0.5) is 0 Å². The number of quaternary nitrogens is 2. The number of hydrogen-bond acceptors (Lipinski definition) is 4. The maximum atomic E-state index is 8.63. The average molecular weight is 869 g/mol. The summed E-state index contributed by atoms with van der Waals surface area (Å²) in [5, 5.41) is 0. The Kier molecular flexibility index (Phi) is 48.9. The van der Waals surface area contributed by atoms with E-state index >= 15 is 0 Å². The van der Waals surface area contributed by atoms with E-state index in [9.17, 15) is 0 Å². The fraction of sp³-hybridized carbons (Fsp3) is 1.00. The zero-order chi connectivity index (χ0) is 41.8. The quantitative estimate of drug-likeness (QED) is 0.0349. The second-order valence-electron chi connectivity index (χ2n) is 17.4. The second-order valence-corrected chi connectivity index (χ2v) is 19.4. The number of rotatable bonds is 40. The molecular formula is C48H104MoN2O4. The van der Waals surface area contributed by atoms with Crippen LogP contribution >= 0.6 is 0 Å². The molecule has 0 fully saturated rings. The van der Waals surface area contributed by atoms with E-state index in [1.165, 1.54) is 267 Å². The van der Waals surface area contributed by atoms with Crippen LogP contribution in [0, 0.1) is 0 Å². The van der Waals surface area contributed by atoms with Crippen LogP contribution in [0.15, 0.2) is 0 Å². The summed E-state index contributed by atoms with van der Waals surface area (Å²) in [7, 11) is 0. The Morgan fingerprint density at radius 1 is 0.255 bits per heavy atom. The molecule has 336 valence electrons. The molecule has 0 N–H and O–H groups in total. The number of nitrogens with zero attached hydrogens (tertiary/aromatic N) is 2. The molecule has 0 bridgehead atoms. The molecule has 6 nitrogen and oxygen atoms in total. The summed E-state index contributed by atoms with van der Waals surface area (Å²) in [4.78, 5) is 0. The van der Waals surface area contributed by atoms with Gasteiger partial charge in [-0.05, 0) is 103 Å². The van der Waals surface area contributed by atoms with Gasteiger partial charge in [0.2, 0.25) is 0 Å². The molecule has 0 atom stereocenters. The van der Waals surface area contributed by atoms with Crippen LogP contribution in [0.3, 0.4) is 0 Å². The number of unbranched alkanes of at least 4 members (excludes halogenated alkanes) is 24. The van der Waals surface area contributed by atoms with Gasteiger partial charge in [-0.1, -0.05) is 158 Å². The molecule has 0 spiro atoms. The van der Waals surface area contributed by atoms with Gasteiger partial charge in [0, 0.05) is 0 Å². The first-order valence-corrected chi connectivity index (χ1v) is 28.1. The molecule has 0 unspecified atom stereocenters. The van der Waals surface area contributed by atoms with Crippen molar-refractivity contribution in [2.45, 2.75) is 261 Å². The van der Waals surface area contributed by atoms with E-state index in [0.717, 1.165) is 0 Å². The Morgan fingerprint density at radius 2 is 0.364 bits per heavy atom. The van der Waals surface area contributed by atoms with Gasteiger partial charge in [-0.2, -0.15) is 0 Å². The van der Waals surface area contributed by atoms with Crippen LogP contribution < -0.4 is 7.52 Å². The van der Waals surface area contributed by atoms with Crippen molar-refractivity contribution in [1.29, 1.82) is 0 Å². The molecule has 0 aliphatic rings. The summed E-state index contributed by atoms with van der Waals surface area (Å²) in [5.74, 6) is 0. The normalized spacial score (nSPS) is 12.0. The summed E-state index contributed by atoms with van der Waals surface area (Å²) < 4.78 is 37.4. The van der Waals surface area contributed by atoms with Crippen LogP contribution in [0.2, 0.25) is 0 Å². The van der Waals surface area contributed by atoms with E-state index in [1.54, 1.807) is 0 Å². The van der Waals surface area contributed by atoms with Gasteiger partial charge >= 0.3 is 31.1 Å². The molecule has 0 aromatic rings. The van der Waals surface area contributed by atoms with Crippen LogP contribution in [0.5, 0.6) is 0 Å². The first-order valence-electron chi connectivity index (χ1n) is 24.9. The molecule has 0 saturated heterocycles. The minimum absolute atomic E-state index is 1.36. The Hall–Kier alpha value is 0.128. The fourth-order valence-corrected chi connectivity index (χ4v) is 8.33. The van der Waals surface area contributed by atoms with Crippen molar-refractivity contribution in [3.05, 3.63) is 0 Å². The zero-order valence-electron chi connectivity index (χ0n) is 39.2. The van der Waals surface area contributed by atoms with E-state index in [1.807, 2.05) is 0 Å². The molecule has 0 amide bonds. The Labute approximate surface area is 351 Å². The Bertz CT molecular complexity index is 656. The third-order valence-electron chi connectivity index (χ3n) is 11.9. The van der Waals surface area contributed by atoms with Gasteiger partial charge in [0.05, 0.1) is 52.4 Å². The molecule has 0 saturated carbocycles. The Balaban J connectivity index is -0.000000874. The molecular weight excluding hydrogens is 764 g/mol. The van der Waals surface area contributed by atoms with E-state index < -0.39 is 16.7 Å². The second kappa shape index (κ2) is 45.2. The van der Waals surface area contributed by atoms with Gasteiger partial charge in [-0.25, -0.2) is 0 Å². The minimum atomic E-state index is -6.02. The third kappa shape index (κ3) is 46.7. The van der Waals surface area contributed by atoms with E-state index in [0.29, 0.717) is 0 Å². The molecule has 0 rings (SSSR count).